The molecule has 0 spiro atoms. The Morgan fingerprint density at radius 2 is 2.19 bits per heavy atom. The number of nitro benzene ring substituents is 1. The molecule has 0 radical (unpaired) electrons. The molecular formula is C11H16N2O3. The van der Waals surface area contributed by atoms with Gasteiger partial charge in [0.15, 0.2) is 0 Å². The first kappa shape index (κ1) is 12.6. The topological polar surface area (TPSA) is 64.4 Å². The van der Waals surface area contributed by atoms with Crippen LogP contribution in [-0.4, -0.2) is 24.7 Å². The lowest BCUT2D eigenvalue weighted by molar-refractivity contribution is -0.385. The Hall–Kier alpha value is -1.46. The fourth-order valence-corrected chi connectivity index (χ4v) is 1.43. The van der Waals surface area contributed by atoms with Gasteiger partial charge >= 0.3 is 0 Å². The maximum absolute atomic E-state index is 10.7. The van der Waals surface area contributed by atoms with Crippen LogP contribution in [0, 0.1) is 10.1 Å². The zero-order valence-corrected chi connectivity index (χ0v) is 9.47. The molecule has 0 unspecified atom stereocenters. The van der Waals surface area contributed by atoms with E-state index in [1.165, 1.54) is 6.07 Å². The molecule has 0 aromatic heterocycles. The third-order valence-electron chi connectivity index (χ3n) is 2.25. The van der Waals surface area contributed by atoms with E-state index in [0.717, 1.165) is 0 Å². The highest BCUT2D eigenvalue weighted by atomic mass is 16.6. The summed E-state index contributed by atoms with van der Waals surface area (Å²) in [5, 5.41) is 13.9. The average Bonchev–Trinajstić information content (AvgIpc) is 2.27. The van der Waals surface area contributed by atoms with E-state index in [0.29, 0.717) is 18.7 Å². The van der Waals surface area contributed by atoms with Crippen molar-refractivity contribution in [3.05, 3.63) is 39.9 Å². The van der Waals surface area contributed by atoms with Crippen molar-refractivity contribution in [2.75, 3.05) is 13.7 Å². The molecular weight excluding hydrogens is 208 g/mol. The fourth-order valence-electron chi connectivity index (χ4n) is 1.43. The van der Waals surface area contributed by atoms with E-state index < -0.39 is 0 Å². The van der Waals surface area contributed by atoms with Crippen molar-refractivity contribution in [1.29, 1.82) is 0 Å². The summed E-state index contributed by atoms with van der Waals surface area (Å²) in [6, 6.07) is 6.90. The van der Waals surface area contributed by atoms with Crippen molar-refractivity contribution in [3.8, 4) is 0 Å². The van der Waals surface area contributed by atoms with Crippen LogP contribution in [0.3, 0.4) is 0 Å². The third-order valence-corrected chi connectivity index (χ3v) is 2.25. The molecule has 16 heavy (non-hydrogen) atoms. The molecule has 0 bridgehead atoms. The lowest BCUT2D eigenvalue weighted by Crippen LogP contribution is -2.29. The molecule has 1 aromatic carbocycles. The van der Waals surface area contributed by atoms with E-state index in [4.69, 9.17) is 4.74 Å². The Morgan fingerprint density at radius 3 is 2.81 bits per heavy atom. The van der Waals surface area contributed by atoms with E-state index >= 15 is 0 Å². The Balaban J connectivity index is 2.63. The predicted octanol–water partition coefficient (Wildman–Crippen LogP) is 1.72. The molecule has 5 nitrogen and oxygen atoms in total. The smallest absolute Gasteiger partial charge is 0.273 e. The molecule has 88 valence electrons. The zero-order chi connectivity index (χ0) is 12.0. The number of methoxy groups -OCH3 is 1. The first-order valence-electron chi connectivity index (χ1n) is 5.09. The maximum Gasteiger partial charge on any atom is 0.273 e. The Morgan fingerprint density at radius 1 is 1.50 bits per heavy atom. The second-order valence-electron chi connectivity index (χ2n) is 3.62. The van der Waals surface area contributed by atoms with E-state index in [-0.39, 0.29) is 16.7 Å². The van der Waals surface area contributed by atoms with Crippen molar-refractivity contribution in [2.24, 2.45) is 0 Å². The molecule has 0 aliphatic heterocycles. The predicted molar refractivity (Wildman–Crippen MR) is 61.3 cm³/mol. The van der Waals surface area contributed by atoms with Crippen LogP contribution in [0.2, 0.25) is 0 Å². The van der Waals surface area contributed by atoms with Gasteiger partial charge in [0.25, 0.3) is 5.69 Å². The highest BCUT2D eigenvalue weighted by Gasteiger charge is 2.12. The molecule has 1 rings (SSSR count). The highest BCUT2D eigenvalue weighted by Crippen LogP contribution is 2.17. The lowest BCUT2D eigenvalue weighted by atomic mass is 10.1. The van der Waals surface area contributed by atoms with Crippen molar-refractivity contribution >= 4 is 5.69 Å². The van der Waals surface area contributed by atoms with E-state index in [2.05, 4.69) is 5.32 Å². The van der Waals surface area contributed by atoms with Gasteiger partial charge in [-0.1, -0.05) is 18.2 Å². The molecule has 0 amide bonds. The van der Waals surface area contributed by atoms with Crippen molar-refractivity contribution in [1.82, 2.24) is 5.32 Å². The number of nitrogens with zero attached hydrogens (tertiary/aromatic N) is 1. The molecule has 0 heterocycles. The Labute approximate surface area is 94.6 Å². The fraction of sp³-hybridized carbons (Fsp3) is 0.455. The van der Waals surface area contributed by atoms with Crippen LogP contribution < -0.4 is 5.32 Å². The maximum atomic E-state index is 10.7. The van der Waals surface area contributed by atoms with Crippen LogP contribution in [0.25, 0.3) is 0 Å². The number of para-hydroxylation sites is 1. The van der Waals surface area contributed by atoms with Crippen LogP contribution in [0.15, 0.2) is 24.3 Å². The number of hydrogen-bond acceptors (Lipinski definition) is 4. The minimum Gasteiger partial charge on any atom is -0.383 e. The van der Waals surface area contributed by atoms with Gasteiger partial charge in [-0.25, -0.2) is 0 Å². The normalized spacial score (nSPS) is 12.4. The van der Waals surface area contributed by atoms with Gasteiger partial charge in [0.2, 0.25) is 0 Å². The minimum atomic E-state index is -0.363. The summed E-state index contributed by atoms with van der Waals surface area (Å²) in [5.41, 5.74) is 0.843. The molecule has 0 saturated carbocycles. The average molecular weight is 224 g/mol. The quantitative estimate of drug-likeness (QED) is 0.590. The SMILES string of the molecule is COC[C@@H](C)NCc1ccccc1[N+](=O)[O-]. The molecule has 1 aromatic rings. The molecule has 0 fully saturated rings. The van der Waals surface area contributed by atoms with Gasteiger partial charge in [-0.3, -0.25) is 10.1 Å². The van der Waals surface area contributed by atoms with Crippen LogP contribution in [0.1, 0.15) is 12.5 Å². The summed E-state index contributed by atoms with van der Waals surface area (Å²) in [6.07, 6.45) is 0. The number of nitrogens with one attached hydrogen (secondary N) is 1. The van der Waals surface area contributed by atoms with Crippen LogP contribution in [0.5, 0.6) is 0 Å². The number of rotatable bonds is 6. The van der Waals surface area contributed by atoms with Crippen molar-refractivity contribution in [3.63, 3.8) is 0 Å². The Kier molecular flexibility index (Phi) is 4.88. The summed E-state index contributed by atoms with van der Waals surface area (Å²) in [7, 11) is 1.63. The van der Waals surface area contributed by atoms with E-state index in [9.17, 15) is 10.1 Å². The molecule has 0 aliphatic rings. The van der Waals surface area contributed by atoms with Gasteiger partial charge in [0.1, 0.15) is 0 Å². The van der Waals surface area contributed by atoms with Crippen molar-refractivity contribution in [2.45, 2.75) is 19.5 Å². The summed E-state index contributed by atoms with van der Waals surface area (Å²) in [5.74, 6) is 0. The number of ether oxygens (including phenoxy) is 1. The largest absolute Gasteiger partial charge is 0.383 e. The second kappa shape index (κ2) is 6.19. The van der Waals surface area contributed by atoms with Crippen molar-refractivity contribution < 1.29 is 9.66 Å². The third kappa shape index (κ3) is 3.60. The molecule has 0 aliphatic carbocycles. The number of benzene rings is 1. The number of hydrogen-bond donors (Lipinski definition) is 1. The van der Waals surface area contributed by atoms with Crippen LogP contribution in [0.4, 0.5) is 5.69 Å². The zero-order valence-electron chi connectivity index (χ0n) is 9.47. The molecule has 0 saturated heterocycles. The monoisotopic (exact) mass is 224 g/mol. The van der Waals surface area contributed by atoms with Crippen LogP contribution in [-0.2, 0) is 11.3 Å². The molecule has 1 N–H and O–H groups in total. The van der Waals surface area contributed by atoms with Gasteiger partial charge < -0.3 is 10.1 Å². The molecule has 1 atom stereocenters. The lowest BCUT2D eigenvalue weighted by Gasteiger charge is -2.12. The number of nitro groups is 1. The summed E-state index contributed by atoms with van der Waals surface area (Å²) >= 11 is 0. The first-order valence-corrected chi connectivity index (χ1v) is 5.09. The van der Waals surface area contributed by atoms with E-state index in [1.807, 2.05) is 6.92 Å². The molecule has 5 heteroatoms. The van der Waals surface area contributed by atoms with Gasteiger partial charge in [-0.05, 0) is 6.92 Å². The Bertz CT molecular complexity index is 355. The van der Waals surface area contributed by atoms with E-state index in [1.54, 1.807) is 25.3 Å². The van der Waals surface area contributed by atoms with Gasteiger partial charge in [-0.2, -0.15) is 0 Å². The standard InChI is InChI=1S/C11H16N2O3/c1-9(8-16-2)12-7-10-5-3-4-6-11(10)13(14)15/h3-6,9,12H,7-8H2,1-2H3/t9-/m1/s1. The minimum absolute atomic E-state index is 0.152. The summed E-state index contributed by atoms with van der Waals surface area (Å²) in [4.78, 5) is 10.4. The summed E-state index contributed by atoms with van der Waals surface area (Å²) in [6.45, 7) is 3.03. The van der Waals surface area contributed by atoms with Gasteiger partial charge in [0, 0.05) is 31.3 Å². The van der Waals surface area contributed by atoms with Gasteiger partial charge in [-0.15, -0.1) is 0 Å². The van der Waals surface area contributed by atoms with Gasteiger partial charge in [0.05, 0.1) is 11.5 Å². The second-order valence-corrected chi connectivity index (χ2v) is 3.62. The highest BCUT2D eigenvalue weighted by molar-refractivity contribution is 5.39. The summed E-state index contributed by atoms with van der Waals surface area (Å²) < 4.78 is 4.97. The first-order chi connectivity index (χ1) is 7.65. The van der Waals surface area contributed by atoms with Crippen LogP contribution >= 0.6 is 0 Å².